The first-order valence-electron chi connectivity index (χ1n) is 16.5. The molecule has 0 saturated carbocycles. The smallest absolute Gasteiger partial charge is 0.328 e. The molecule has 3 amide bonds. The molecule has 4 atom stereocenters. The minimum Gasteiger partial charge on any atom is -0.495 e. The van der Waals surface area contributed by atoms with Crippen LogP contribution in [0, 0.1) is 16.7 Å². The highest BCUT2D eigenvalue weighted by molar-refractivity contribution is 6.32. The average Bonchev–Trinajstić information content (AvgIpc) is 3.04. The number of methoxy groups -OCH3 is 1. The van der Waals surface area contributed by atoms with E-state index in [2.05, 4.69) is 16.0 Å². The largest absolute Gasteiger partial charge is 0.495 e. The molecular weight excluding hydrogens is 646 g/mol. The number of carbonyl (C=O) groups excluding carboxylic acids is 4. The third-order valence-corrected chi connectivity index (χ3v) is 8.56. The van der Waals surface area contributed by atoms with E-state index in [0.29, 0.717) is 22.8 Å². The summed E-state index contributed by atoms with van der Waals surface area (Å²) in [5.74, 6) is -1.79. The third kappa shape index (κ3) is 12.4. The molecule has 10 nitrogen and oxygen atoms in total. The molecule has 0 saturated heterocycles. The van der Waals surface area contributed by atoms with Crippen LogP contribution in [0.25, 0.3) is 6.08 Å². The van der Waals surface area contributed by atoms with Crippen LogP contribution in [-0.2, 0) is 36.9 Å². The number of nitrogens with one attached hydrogen (secondary N) is 3. The van der Waals surface area contributed by atoms with E-state index < -0.39 is 47.3 Å². The molecule has 49 heavy (non-hydrogen) atoms. The first-order chi connectivity index (χ1) is 23.0. The van der Waals surface area contributed by atoms with Crippen molar-refractivity contribution in [3.63, 3.8) is 0 Å². The third-order valence-electron chi connectivity index (χ3n) is 8.26. The highest BCUT2D eigenvalue weighted by Crippen LogP contribution is 2.27. The lowest BCUT2D eigenvalue weighted by molar-refractivity contribution is -0.156. The number of hydrogen-bond acceptors (Lipinski definition) is 7. The highest BCUT2D eigenvalue weighted by atomic mass is 35.5. The molecule has 0 radical (unpaired) electrons. The maximum Gasteiger partial charge on any atom is 0.328 e. The van der Waals surface area contributed by atoms with Crippen molar-refractivity contribution in [1.29, 1.82) is 0 Å². The number of hydrogen-bond donors (Lipinski definition) is 4. The summed E-state index contributed by atoms with van der Waals surface area (Å²) in [7, 11) is 1.51. The van der Waals surface area contributed by atoms with E-state index in [1.807, 2.05) is 64.1 Å². The summed E-state index contributed by atoms with van der Waals surface area (Å²) in [6, 6.07) is 10.6. The predicted octanol–water partition coefficient (Wildman–Crippen LogP) is 5.15. The number of ether oxygens (including phenoxy) is 2. The lowest BCUT2D eigenvalue weighted by atomic mass is 9.86. The van der Waals surface area contributed by atoms with E-state index in [1.54, 1.807) is 38.1 Å². The lowest BCUT2D eigenvalue weighted by Gasteiger charge is -2.32. The summed E-state index contributed by atoms with van der Waals surface area (Å²) in [6.45, 7) is 11.1. The number of aliphatic hydroxyl groups is 1. The molecule has 0 spiro atoms. The van der Waals surface area contributed by atoms with Crippen LogP contribution in [-0.4, -0.2) is 60.6 Å². The Kier molecular flexibility index (Phi) is 14.0. The van der Waals surface area contributed by atoms with Crippen molar-refractivity contribution in [1.82, 2.24) is 16.0 Å². The Labute approximate surface area is 294 Å². The van der Waals surface area contributed by atoms with Gasteiger partial charge in [-0.15, -0.1) is 0 Å². The summed E-state index contributed by atoms with van der Waals surface area (Å²) in [5, 5.41) is 18.2. The number of carbonyl (C=O) groups is 4. The van der Waals surface area contributed by atoms with Crippen molar-refractivity contribution < 1.29 is 33.8 Å². The number of aliphatic hydroxyl groups excluding tert-OH is 1. The normalized spacial score (nSPS) is 22.4. The topological polar surface area (TPSA) is 143 Å². The van der Waals surface area contributed by atoms with Gasteiger partial charge in [-0.2, -0.15) is 0 Å². The van der Waals surface area contributed by atoms with E-state index >= 15 is 0 Å². The molecule has 0 bridgehead atoms. The van der Waals surface area contributed by atoms with Crippen LogP contribution in [0.5, 0.6) is 5.75 Å². The predicted molar refractivity (Wildman–Crippen MR) is 191 cm³/mol. The average molecular weight is 696 g/mol. The van der Waals surface area contributed by atoms with Gasteiger partial charge in [0.05, 0.1) is 24.2 Å². The standard InChI is InChI=1S/C38H50ClN3O7/c1-24(11-12-25-13-15-26(22-43)16-14-25)31-9-8-10-33(44)41-29(20-27-17-18-32(48-7)28(39)19-27)34(45)40-23-38(5,6)36(47)42-30(35(46)49-31)21-37(2,3)4/h8,10-19,24,29-31,43H,9,20-23H2,1-7H3,(H,40,45)(H,41,44)(H,42,47)/b10-8+,12-11+/t24-,29-,30+,31+/m1/s1. The van der Waals surface area contributed by atoms with Crippen LogP contribution in [0.1, 0.15) is 71.1 Å². The monoisotopic (exact) mass is 695 g/mol. The van der Waals surface area contributed by atoms with Crippen molar-refractivity contribution in [3.8, 4) is 5.75 Å². The maximum absolute atomic E-state index is 13.7. The summed E-state index contributed by atoms with van der Waals surface area (Å²) in [5.41, 5.74) is 0.962. The first-order valence-corrected chi connectivity index (χ1v) is 16.9. The molecule has 0 aromatic heterocycles. The second-order valence-corrected chi connectivity index (χ2v) is 14.8. The van der Waals surface area contributed by atoms with Crippen molar-refractivity contribution >= 4 is 41.4 Å². The van der Waals surface area contributed by atoms with Crippen LogP contribution in [0.4, 0.5) is 0 Å². The Morgan fingerprint density at radius 3 is 2.33 bits per heavy atom. The van der Waals surface area contributed by atoms with Gasteiger partial charge in [0.25, 0.3) is 0 Å². The van der Waals surface area contributed by atoms with Crippen molar-refractivity contribution in [2.24, 2.45) is 16.7 Å². The van der Waals surface area contributed by atoms with Crippen LogP contribution in [0.3, 0.4) is 0 Å². The lowest BCUT2D eigenvalue weighted by Crippen LogP contribution is -2.54. The zero-order chi connectivity index (χ0) is 36.4. The van der Waals surface area contributed by atoms with Gasteiger partial charge < -0.3 is 30.5 Å². The molecule has 0 aliphatic carbocycles. The van der Waals surface area contributed by atoms with Crippen LogP contribution in [0.2, 0.25) is 5.02 Å². The molecule has 266 valence electrons. The Hall–Kier alpha value is -4.15. The number of esters is 1. The van der Waals surface area contributed by atoms with Gasteiger partial charge in [0, 0.05) is 25.3 Å². The van der Waals surface area contributed by atoms with E-state index in [9.17, 15) is 24.3 Å². The molecule has 0 unspecified atom stereocenters. The number of amides is 3. The Bertz CT molecular complexity index is 1530. The van der Waals surface area contributed by atoms with E-state index in [0.717, 1.165) is 11.1 Å². The molecule has 4 N–H and O–H groups in total. The van der Waals surface area contributed by atoms with Crippen molar-refractivity contribution in [3.05, 3.63) is 82.4 Å². The molecular formula is C38H50ClN3O7. The molecule has 1 heterocycles. The summed E-state index contributed by atoms with van der Waals surface area (Å²) < 4.78 is 11.3. The quantitative estimate of drug-likeness (QED) is 0.280. The second kappa shape index (κ2) is 17.5. The van der Waals surface area contributed by atoms with Gasteiger partial charge in [0.15, 0.2) is 0 Å². The van der Waals surface area contributed by atoms with Gasteiger partial charge in [-0.05, 0) is 60.6 Å². The zero-order valence-corrected chi connectivity index (χ0v) is 30.2. The molecule has 0 fully saturated rings. The Morgan fingerprint density at radius 2 is 1.71 bits per heavy atom. The second-order valence-electron chi connectivity index (χ2n) is 14.4. The molecule has 11 heteroatoms. The van der Waals surface area contributed by atoms with Gasteiger partial charge in [0.1, 0.15) is 23.9 Å². The summed E-state index contributed by atoms with van der Waals surface area (Å²) >= 11 is 6.33. The fourth-order valence-corrected chi connectivity index (χ4v) is 5.48. The molecule has 1 aliphatic rings. The zero-order valence-electron chi connectivity index (χ0n) is 29.5. The number of rotatable bonds is 8. The van der Waals surface area contributed by atoms with Crippen LogP contribution < -0.4 is 20.7 Å². The van der Waals surface area contributed by atoms with Gasteiger partial charge in [-0.3, -0.25) is 14.4 Å². The SMILES string of the molecule is COc1ccc(C[C@H]2NC(=O)/C=C/C[C@@H]([C@H](C)/C=C/c3ccc(CO)cc3)OC(=O)[C@H](CC(C)(C)C)NC(=O)C(C)(C)CNC2=O)cc1Cl. The minimum absolute atomic E-state index is 0.0513. The van der Waals surface area contributed by atoms with E-state index in [-0.39, 0.29) is 37.3 Å². The fourth-order valence-electron chi connectivity index (χ4n) is 5.20. The van der Waals surface area contributed by atoms with Gasteiger partial charge in [-0.1, -0.05) is 87.9 Å². The van der Waals surface area contributed by atoms with Crippen LogP contribution >= 0.6 is 11.6 Å². The first kappa shape index (κ1) is 39.3. The Balaban J connectivity index is 1.95. The molecule has 2 aromatic carbocycles. The maximum atomic E-state index is 13.7. The molecule has 3 rings (SSSR count). The van der Waals surface area contributed by atoms with E-state index in [1.165, 1.54) is 13.2 Å². The Morgan fingerprint density at radius 1 is 1.04 bits per heavy atom. The summed E-state index contributed by atoms with van der Waals surface area (Å²) in [6.07, 6.45) is 6.73. The van der Waals surface area contributed by atoms with Crippen LogP contribution in [0.15, 0.2) is 60.7 Å². The van der Waals surface area contributed by atoms with Gasteiger partial charge >= 0.3 is 5.97 Å². The van der Waals surface area contributed by atoms with Gasteiger partial charge in [0.2, 0.25) is 17.7 Å². The minimum atomic E-state index is -1.11. The molecule has 2 aromatic rings. The highest BCUT2D eigenvalue weighted by Gasteiger charge is 2.36. The number of cyclic esters (lactones) is 1. The number of halogens is 1. The molecule has 1 aliphatic heterocycles. The fraction of sp³-hybridized carbons (Fsp3) is 0.474. The number of benzene rings is 2. The van der Waals surface area contributed by atoms with E-state index in [4.69, 9.17) is 21.1 Å². The van der Waals surface area contributed by atoms with Crippen molar-refractivity contribution in [2.75, 3.05) is 13.7 Å². The van der Waals surface area contributed by atoms with Crippen molar-refractivity contribution in [2.45, 2.75) is 85.6 Å². The summed E-state index contributed by atoms with van der Waals surface area (Å²) in [4.78, 5) is 54.0. The van der Waals surface area contributed by atoms with Gasteiger partial charge in [-0.25, -0.2) is 4.79 Å².